The lowest BCUT2D eigenvalue weighted by atomic mass is 9.87. The van der Waals surface area contributed by atoms with Gasteiger partial charge in [-0.05, 0) is 23.1 Å². The highest BCUT2D eigenvalue weighted by molar-refractivity contribution is 6.35. The Morgan fingerprint density at radius 1 is 1.11 bits per heavy atom. The van der Waals surface area contributed by atoms with Crippen molar-refractivity contribution in [1.82, 2.24) is 9.97 Å². The van der Waals surface area contributed by atoms with Gasteiger partial charge in [0.15, 0.2) is 5.82 Å². The van der Waals surface area contributed by atoms with Crippen LogP contribution >= 0.6 is 11.6 Å². The molecule has 3 N–H and O–H groups in total. The minimum Gasteiger partial charge on any atom is -0.382 e. The number of nitrogens with one attached hydrogen (secondary N) is 1. The van der Waals surface area contributed by atoms with Crippen LogP contribution in [-0.4, -0.2) is 9.97 Å². The number of anilines is 3. The zero-order valence-corrected chi connectivity index (χ0v) is 12.0. The highest BCUT2D eigenvalue weighted by Gasteiger charge is 2.13. The number of nitrogens with zero attached hydrogens (tertiary/aromatic N) is 2. The lowest BCUT2D eigenvalue weighted by molar-refractivity contribution is 0.590. The number of nitrogen functional groups attached to an aromatic ring is 1. The molecule has 0 saturated carbocycles. The molecule has 0 fully saturated rings. The van der Waals surface area contributed by atoms with Crippen LogP contribution < -0.4 is 11.1 Å². The van der Waals surface area contributed by atoms with Gasteiger partial charge in [0.2, 0.25) is 0 Å². The second kappa shape index (κ2) is 5.05. The van der Waals surface area contributed by atoms with Crippen LogP contribution in [0.15, 0.2) is 30.6 Å². The van der Waals surface area contributed by atoms with E-state index in [9.17, 15) is 0 Å². The fourth-order valence-electron chi connectivity index (χ4n) is 1.66. The third-order valence-electron chi connectivity index (χ3n) is 2.83. The summed E-state index contributed by atoms with van der Waals surface area (Å²) >= 11 is 6.03. The van der Waals surface area contributed by atoms with E-state index in [1.165, 1.54) is 11.9 Å². The molecular weight excluding hydrogens is 260 g/mol. The lowest BCUT2D eigenvalue weighted by Crippen LogP contribution is -2.10. The van der Waals surface area contributed by atoms with E-state index >= 15 is 0 Å². The number of halogens is 1. The van der Waals surface area contributed by atoms with E-state index in [1.807, 2.05) is 12.1 Å². The highest BCUT2D eigenvalue weighted by atomic mass is 35.5. The van der Waals surface area contributed by atoms with Gasteiger partial charge in [0.05, 0.1) is 0 Å². The van der Waals surface area contributed by atoms with Gasteiger partial charge in [-0.1, -0.05) is 44.5 Å². The summed E-state index contributed by atoms with van der Waals surface area (Å²) in [5.74, 6) is 0.781. The predicted octanol–water partition coefficient (Wildman–Crippen LogP) is 3.75. The van der Waals surface area contributed by atoms with Gasteiger partial charge in [0.25, 0.3) is 0 Å². The normalized spacial score (nSPS) is 11.4. The monoisotopic (exact) mass is 276 g/mol. The number of aromatic nitrogens is 2. The van der Waals surface area contributed by atoms with Gasteiger partial charge >= 0.3 is 0 Å². The Bertz CT molecular complexity index is 573. The van der Waals surface area contributed by atoms with E-state index in [4.69, 9.17) is 17.3 Å². The second-order valence-corrected chi connectivity index (χ2v) is 5.75. The zero-order chi connectivity index (χ0) is 14.0. The SMILES string of the molecule is CC(C)(C)c1ccc(Nc2ncnc(N)c2Cl)cc1. The average molecular weight is 277 g/mol. The van der Waals surface area contributed by atoms with Crippen LogP contribution in [0.3, 0.4) is 0 Å². The molecule has 0 unspecified atom stereocenters. The van der Waals surface area contributed by atoms with Crippen LogP contribution in [0.2, 0.25) is 5.02 Å². The molecule has 2 rings (SSSR count). The van der Waals surface area contributed by atoms with E-state index in [0.717, 1.165) is 5.69 Å². The Hall–Kier alpha value is -1.81. The van der Waals surface area contributed by atoms with Crippen molar-refractivity contribution >= 4 is 28.9 Å². The Kier molecular flexibility index (Phi) is 3.62. The first-order valence-corrected chi connectivity index (χ1v) is 6.39. The van der Waals surface area contributed by atoms with E-state index in [1.54, 1.807) is 0 Å². The number of hydrogen-bond acceptors (Lipinski definition) is 4. The van der Waals surface area contributed by atoms with Crippen LogP contribution in [0.5, 0.6) is 0 Å². The molecule has 0 spiro atoms. The van der Waals surface area contributed by atoms with Gasteiger partial charge in [0, 0.05) is 5.69 Å². The molecule has 0 bridgehead atoms. The van der Waals surface area contributed by atoms with Crippen LogP contribution in [-0.2, 0) is 5.41 Å². The Labute approximate surface area is 118 Å². The summed E-state index contributed by atoms with van der Waals surface area (Å²) in [6.07, 6.45) is 1.38. The molecule has 2 aromatic rings. The van der Waals surface area contributed by atoms with Gasteiger partial charge in [-0.15, -0.1) is 0 Å². The standard InChI is InChI=1S/C14H17ClN4/c1-14(2,3)9-4-6-10(7-5-9)19-13-11(15)12(16)17-8-18-13/h4-8H,1-3H3,(H3,16,17,18,19). The number of benzene rings is 1. The molecule has 0 radical (unpaired) electrons. The molecule has 0 aliphatic heterocycles. The lowest BCUT2D eigenvalue weighted by Gasteiger charge is -2.19. The molecule has 100 valence electrons. The summed E-state index contributed by atoms with van der Waals surface area (Å²) in [7, 11) is 0. The smallest absolute Gasteiger partial charge is 0.154 e. The molecular formula is C14H17ClN4. The zero-order valence-electron chi connectivity index (χ0n) is 11.2. The van der Waals surface area contributed by atoms with E-state index in [2.05, 4.69) is 48.2 Å². The highest BCUT2D eigenvalue weighted by Crippen LogP contribution is 2.28. The van der Waals surface area contributed by atoms with Gasteiger partial charge in [0.1, 0.15) is 17.2 Å². The maximum Gasteiger partial charge on any atom is 0.154 e. The fourth-order valence-corrected chi connectivity index (χ4v) is 1.81. The second-order valence-electron chi connectivity index (χ2n) is 5.37. The molecule has 19 heavy (non-hydrogen) atoms. The molecule has 1 heterocycles. The van der Waals surface area contributed by atoms with Crippen molar-refractivity contribution in [1.29, 1.82) is 0 Å². The van der Waals surface area contributed by atoms with Gasteiger partial charge in [-0.25, -0.2) is 9.97 Å². The Morgan fingerprint density at radius 2 is 1.74 bits per heavy atom. The molecule has 4 nitrogen and oxygen atoms in total. The van der Waals surface area contributed by atoms with Crippen molar-refractivity contribution in [2.45, 2.75) is 26.2 Å². The number of rotatable bonds is 2. The Balaban J connectivity index is 2.23. The molecule has 1 aromatic heterocycles. The quantitative estimate of drug-likeness (QED) is 0.877. The molecule has 0 amide bonds. The molecule has 0 aliphatic carbocycles. The summed E-state index contributed by atoms with van der Waals surface area (Å²) in [5, 5.41) is 3.46. The summed E-state index contributed by atoms with van der Waals surface area (Å²) in [6, 6.07) is 8.16. The number of hydrogen-bond donors (Lipinski definition) is 2. The predicted molar refractivity (Wildman–Crippen MR) is 79.9 cm³/mol. The molecule has 5 heteroatoms. The molecule has 0 aliphatic rings. The first-order chi connectivity index (χ1) is 8.88. The number of nitrogens with two attached hydrogens (primary N) is 1. The first kappa shape index (κ1) is 13.6. The van der Waals surface area contributed by atoms with Gasteiger partial charge < -0.3 is 11.1 Å². The average Bonchev–Trinajstić information content (AvgIpc) is 2.35. The van der Waals surface area contributed by atoms with Crippen molar-refractivity contribution in [3.63, 3.8) is 0 Å². The van der Waals surface area contributed by atoms with Crippen molar-refractivity contribution in [2.24, 2.45) is 0 Å². The van der Waals surface area contributed by atoms with Gasteiger partial charge in [-0.2, -0.15) is 0 Å². The van der Waals surface area contributed by atoms with Crippen molar-refractivity contribution in [3.05, 3.63) is 41.2 Å². The van der Waals surface area contributed by atoms with Crippen molar-refractivity contribution in [3.8, 4) is 0 Å². The minimum atomic E-state index is 0.134. The summed E-state index contributed by atoms with van der Waals surface area (Å²) in [5.41, 5.74) is 7.95. The summed E-state index contributed by atoms with van der Waals surface area (Å²) < 4.78 is 0. The van der Waals surface area contributed by atoms with Crippen LogP contribution in [0.1, 0.15) is 26.3 Å². The van der Waals surface area contributed by atoms with Crippen LogP contribution in [0, 0.1) is 0 Å². The molecule has 1 aromatic carbocycles. The minimum absolute atomic E-state index is 0.134. The van der Waals surface area contributed by atoms with Crippen molar-refractivity contribution in [2.75, 3.05) is 11.1 Å². The Morgan fingerprint density at radius 3 is 2.32 bits per heavy atom. The first-order valence-electron chi connectivity index (χ1n) is 6.01. The van der Waals surface area contributed by atoms with Gasteiger partial charge in [-0.3, -0.25) is 0 Å². The van der Waals surface area contributed by atoms with Crippen LogP contribution in [0.4, 0.5) is 17.3 Å². The fraction of sp³-hybridized carbons (Fsp3) is 0.286. The summed E-state index contributed by atoms with van der Waals surface area (Å²) in [4.78, 5) is 7.89. The molecule has 0 atom stereocenters. The maximum atomic E-state index is 6.03. The summed E-state index contributed by atoms with van der Waals surface area (Å²) in [6.45, 7) is 6.53. The third kappa shape index (κ3) is 3.15. The van der Waals surface area contributed by atoms with E-state index in [0.29, 0.717) is 10.8 Å². The third-order valence-corrected chi connectivity index (χ3v) is 3.20. The topological polar surface area (TPSA) is 63.8 Å². The van der Waals surface area contributed by atoms with Crippen LogP contribution in [0.25, 0.3) is 0 Å². The molecule has 0 saturated heterocycles. The van der Waals surface area contributed by atoms with Crippen molar-refractivity contribution < 1.29 is 0 Å². The van der Waals surface area contributed by atoms with E-state index in [-0.39, 0.29) is 11.2 Å². The maximum absolute atomic E-state index is 6.03. The van der Waals surface area contributed by atoms with E-state index < -0.39 is 0 Å². The largest absolute Gasteiger partial charge is 0.382 e.